The number of imide groups is 1. The van der Waals surface area contributed by atoms with E-state index in [1.807, 2.05) is 0 Å². The van der Waals surface area contributed by atoms with Crippen molar-refractivity contribution >= 4 is 33.2 Å². The largest absolute Gasteiger partial charge is 0.417 e. The molecule has 0 aliphatic carbocycles. The van der Waals surface area contributed by atoms with Crippen molar-refractivity contribution in [2.45, 2.75) is 13.1 Å². The van der Waals surface area contributed by atoms with Crippen molar-refractivity contribution in [3.05, 3.63) is 58.7 Å². The van der Waals surface area contributed by atoms with Gasteiger partial charge in [-0.15, -0.1) is 0 Å². The fourth-order valence-electron chi connectivity index (χ4n) is 2.79. The van der Waals surface area contributed by atoms with Gasteiger partial charge >= 0.3 is 6.18 Å². The fraction of sp³-hybridized carbons (Fsp3) is 0.167. The van der Waals surface area contributed by atoms with E-state index in [-0.39, 0.29) is 28.3 Å². The average molecular weight is 423 g/mol. The molecule has 2 amide bonds. The summed E-state index contributed by atoms with van der Waals surface area (Å²) >= 11 is 0. The van der Waals surface area contributed by atoms with Crippen LogP contribution in [0.25, 0.3) is 0 Å². The number of amides is 2. The summed E-state index contributed by atoms with van der Waals surface area (Å²) in [7, 11) is -3.63. The lowest BCUT2D eigenvalue weighted by Gasteiger charge is -2.17. The molecule has 1 heterocycles. The zero-order valence-corrected chi connectivity index (χ0v) is 15.6. The highest BCUT2D eigenvalue weighted by Crippen LogP contribution is 2.37. The van der Waals surface area contributed by atoms with Gasteiger partial charge in [0.05, 0.1) is 39.8 Å². The number of carbonyl (C=O) groups is 2. The molecule has 0 spiro atoms. The molecular formula is C18H12F3N3O4S. The van der Waals surface area contributed by atoms with Gasteiger partial charge in [0, 0.05) is 5.69 Å². The molecule has 0 saturated heterocycles. The van der Waals surface area contributed by atoms with E-state index in [1.165, 1.54) is 25.1 Å². The molecule has 11 heteroatoms. The van der Waals surface area contributed by atoms with Crippen molar-refractivity contribution in [1.82, 2.24) is 0 Å². The van der Waals surface area contributed by atoms with Crippen LogP contribution in [0.5, 0.6) is 0 Å². The Morgan fingerprint density at radius 1 is 1.07 bits per heavy atom. The molecular weight excluding hydrogens is 411 g/mol. The van der Waals surface area contributed by atoms with Gasteiger partial charge in [0.25, 0.3) is 11.8 Å². The van der Waals surface area contributed by atoms with Gasteiger partial charge in [0.15, 0.2) is 0 Å². The zero-order valence-electron chi connectivity index (χ0n) is 14.7. The number of nitriles is 1. The number of anilines is 2. The van der Waals surface area contributed by atoms with Crippen molar-refractivity contribution in [3.63, 3.8) is 0 Å². The predicted octanol–water partition coefficient (Wildman–Crippen LogP) is 3.14. The molecule has 2 aromatic carbocycles. The molecule has 0 aromatic heterocycles. The second kappa shape index (κ2) is 6.89. The lowest BCUT2D eigenvalue weighted by atomic mass is 10.1. The second-order valence-electron chi connectivity index (χ2n) is 6.05. The summed E-state index contributed by atoms with van der Waals surface area (Å²) in [6.45, 7) is 1.41. The number of halogens is 3. The number of hydrogen-bond acceptors (Lipinski definition) is 5. The minimum atomic E-state index is -4.86. The van der Waals surface area contributed by atoms with Gasteiger partial charge in [0.1, 0.15) is 0 Å². The number of alkyl halides is 3. The molecule has 0 saturated carbocycles. The SMILES string of the molecule is CCS(=O)(=O)Nc1ccc2c(c1)C(=O)N(c1ccc(C#N)c(C(F)(F)F)c1)C2=O. The second-order valence-corrected chi connectivity index (χ2v) is 8.06. The Kier molecular flexibility index (Phi) is 4.84. The fourth-order valence-corrected chi connectivity index (χ4v) is 3.42. The monoisotopic (exact) mass is 423 g/mol. The first-order chi connectivity index (χ1) is 13.5. The van der Waals surface area contributed by atoms with Gasteiger partial charge in [-0.1, -0.05) is 0 Å². The van der Waals surface area contributed by atoms with Crippen LogP contribution in [0, 0.1) is 11.3 Å². The normalized spacial score (nSPS) is 14.0. The van der Waals surface area contributed by atoms with Gasteiger partial charge in [0.2, 0.25) is 10.0 Å². The van der Waals surface area contributed by atoms with Gasteiger partial charge in [-0.2, -0.15) is 18.4 Å². The Morgan fingerprint density at radius 3 is 2.31 bits per heavy atom. The Morgan fingerprint density at radius 2 is 1.72 bits per heavy atom. The summed E-state index contributed by atoms with van der Waals surface area (Å²) < 4.78 is 65.2. The third-order valence-electron chi connectivity index (χ3n) is 4.23. The molecule has 0 radical (unpaired) electrons. The third kappa shape index (κ3) is 3.66. The van der Waals surface area contributed by atoms with E-state index in [4.69, 9.17) is 5.26 Å². The summed E-state index contributed by atoms with van der Waals surface area (Å²) in [6.07, 6.45) is -4.86. The van der Waals surface area contributed by atoms with Gasteiger partial charge in [-0.3, -0.25) is 14.3 Å². The minimum Gasteiger partial charge on any atom is -0.284 e. The number of hydrogen-bond donors (Lipinski definition) is 1. The van der Waals surface area contributed by atoms with Crippen LogP contribution in [-0.2, 0) is 16.2 Å². The molecule has 0 unspecified atom stereocenters. The summed E-state index contributed by atoms with van der Waals surface area (Å²) in [6, 6.07) is 7.57. The number of benzene rings is 2. The number of carbonyl (C=O) groups excluding carboxylic acids is 2. The Balaban J connectivity index is 2.04. The molecule has 0 atom stereocenters. The lowest BCUT2D eigenvalue weighted by Crippen LogP contribution is -2.29. The maximum atomic E-state index is 13.2. The van der Waals surface area contributed by atoms with Crippen LogP contribution in [-0.4, -0.2) is 26.0 Å². The first-order valence-corrected chi connectivity index (χ1v) is 9.78. The Bertz CT molecular complexity index is 1180. The highest BCUT2D eigenvalue weighted by Gasteiger charge is 2.39. The van der Waals surface area contributed by atoms with E-state index in [9.17, 15) is 31.2 Å². The topological polar surface area (TPSA) is 107 Å². The number of nitrogens with zero attached hydrogens (tertiary/aromatic N) is 2. The highest BCUT2D eigenvalue weighted by molar-refractivity contribution is 7.92. The molecule has 29 heavy (non-hydrogen) atoms. The van der Waals surface area contributed by atoms with Crippen LogP contribution in [0.4, 0.5) is 24.5 Å². The maximum Gasteiger partial charge on any atom is 0.417 e. The van der Waals surface area contributed by atoms with Crippen molar-refractivity contribution in [1.29, 1.82) is 5.26 Å². The summed E-state index contributed by atoms with van der Waals surface area (Å²) in [5.41, 5.74) is -2.45. The molecule has 2 aromatic rings. The van der Waals surface area contributed by atoms with Crippen molar-refractivity contribution in [2.24, 2.45) is 0 Å². The molecule has 1 aliphatic rings. The third-order valence-corrected chi connectivity index (χ3v) is 5.53. The van der Waals surface area contributed by atoms with E-state index in [2.05, 4.69) is 4.72 Å². The first kappa shape index (κ1) is 20.3. The molecule has 1 N–H and O–H groups in total. The van der Waals surface area contributed by atoms with Crippen LogP contribution in [0.15, 0.2) is 36.4 Å². The molecule has 150 valence electrons. The van der Waals surface area contributed by atoms with E-state index < -0.39 is 39.1 Å². The summed E-state index contributed by atoms with van der Waals surface area (Å²) in [5.74, 6) is -1.97. The zero-order chi connectivity index (χ0) is 21.6. The van der Waals surface area contributed by atoms with Crippen LogP contribution in [0.2, 0.25) is 0 Å². The van der Waals surface area contributed by atoms with Crippen molar-refractivity contribution in [2.75, 3.05) is 15.4 Å². The van der Waals surface area contributed by atoms with Crippen LogP contribution in [0.1, 0.15) is 38.8 Å². The van der Waals surface area contributed by atoms with E-state index in [0.29, 0.717) is 11.0 Å². The Hall–Kier alpha value is -3.39. The van der Waals surface area contributed by atoms with Gasteiger partial charge < -0.3 is 0 Å². The van der Waals surface area contributed by atoms with E-state index >= 15 is 0 Å². The molecule has 0 bridgehead atoms. The average Bonchev–Trinajstić information content (AvgIpc) is 2.90. The number of fused-ring (bicyclic) bond motifs is 1. The molecule has 1 aliphatic heterocycles. The Labute approximate surface area is 163 Å². The highest BCUT2D eigenvalue weighted by atomic mass is 32.2. The molecule has 3 rings (SSSR count). The summed E-state index contributed by atoms with van der Waals surface area (Å²) in [4.78, 5) is 25.8. The van der Waals surface area contributed by atoms with Crippen LogP contribution < -0.4 is 9.62 Å². The molecule has 7 nitrogen and oxygen atoms in total. The van der Waals surface area contributed by atoms with Crippen LogP contribution in [0.3, 0.4) is 0 Å². The first-order valence-electron chi connectivity index (χ1n) is 8.13. The number of sulfonamides is 1. The minimum absolute atomic E-state index is 0.0457. The lowest BCUT2D eigenvalue weighted by molar-refractivity contribution is -0.137. The van der Waals surface area contributed by atoms with E-state index in [1.54, 1.807) is 0 Å². The predicted molar refractivity (Wildman–Crippen MR) is 96.8 cm³/mol. The van der Waals surface area contributed by atoms with E-state index in [0.717, 1.165) is 18.2 Å². The van der Waals surface area contributed by atoms with Crippen molar-refractivity contribution in [3.8, 4) is 6.07 Å². The van der Waals surface area contributed by atoms with Gasteiger partial charge in [-0.25, -0.2) is 13.3 Å². The number of nitrogens with one attached hydrogen (secondary N) is 1. The quantitative estimate of drug-likeness (QED) is 0.761. The summed E-state index contributed by atoms with van der Waals surface area (Å²) in [5, 5.41) is 8.87. The van der Waals surface area contributed by atoms with Gasteiger partial charge in [-0.05, 0) is 43.3 Å². The number of rotatable bonds is 4. The standard InChI is InChI=1S/C18H12F3N3O4S/c1-2-29(27,28)23-11-4-6-13-14(7-11)17(26)24(16(13)25)12-5-3-10(9-22)15(8-12)18(19,20)21/h3-8,23H,2H2,1H3. The molecule has 0 fully saturated rings. The maximum absolute atomic E-state index is 13.2. The van der Waals surface area contributed by atoms with Crippen LogP contribution >= 0.6 is 0 Å². The smallest absolute Gasteiger partial charge is 0.284 e. The van der Waals surface area contributed by atoms with Crippen molar-refractivity contribution < 1.29 is 31.2 Å².